The van der Waals surface area contributed by atoms with Crippen molar-refractivity contribution in [1.29, 1.82) is 0 Å². The number of hydrogen-bond donors (Lipinski definition) is 2. The summed E-state index contributed by atoms with van der Waals surface area (Å²) in [6.45, 7) is 2.61. The van der Waals surface area contributed by atoms with Gasteiger partial charge in [-0.2, -0.15) is 13.2 Å². The molecule has 1 amide bonds. The van der Waals surface area contributed by atoms with E-state index >= 15 is 0 Å². The Morgan fingerprint density at radius 3 is 2.27 bits per heavy atom. The van der Waals surface area contributed by atoms with Gasteiger partial charge in [-0.25, -0.2) is 0 Å². The van der Waals surface area contributed by atoms with Gasteiger partial charge in [0.05, 0.1) is 5.56 Å². The largest absolute Gasteiger partial charge is 0.492 e. The fourth-order valence-electron chi connectivity index (χ4n) is 3.08. The third-order valence-corrected chi connectivity index (χ3v) is 4.52. The van der Waals surface area contributed by atoms with E-state index in [2.05, 4.69) is 5.32 Å². The van der Waals surface area contributed by atoms with Crippen LogP contribution >= 0.6 is 0 Å². The Bertz CT molecular complexity index is 1010. The van der Waals surface area contributed by atoms with E-state index in [0.29, 0.717) is 41.3 Å². The van der Waals surface area contributed by atoms with Gasteiger partial charge >= 0.3 is 6.18 Å². The van der Waals surface area contributed by atoms with Crippen molar-refractivity contribution < 1.29 is 22.7 Å². The van der Waals surface area contributed by atoms with E-state index in [-0.39, 0.29) is 5.91 Å². The van der Waals surface area contributed by atoms with Crippen LogP contribution in [0, 0.1) is 6.92 Å². The van der Waals surface area contributed by atoms with Crippen LogP contribution in [0.3, 0.4) is 0 Å². The molecule has 0 spiro atoms. The minimum absolute atomic E-state index is 0.357. The maximum absolute atomic E-state index is 12.9. The van der Waals surface area contributed by atoms with Gasteiger partial charge in [0.2, 0.25) is 0 Å². The smallest absolute Gasteiger partial charge is 0.416 e. The SMILES string of the molecule is Cc1cccc(C(=O)Nc2ccc(OCCN)cc2)c1-c1ccc(C(F)(F)F)cc1. The molecule has 7 heteroatoms. The second-order valence-corrected chi connectivity index (χ2v) is 6.69. The van der Waals surface area contributed by atoms with Crippen LogP contribution in [0.25, 0.3) is 11.1 Å². The zero-order valence-corrected chi connectivity index (χ0v) is 16.3. The first kappa shape index (κ1) is 21.4. The standard InChI is InChI=1S/C23H21F3N2O2/c1-15-3-2-4-20(21(15)16-5-7-17(8-6-16)23(24,25)26)22(29)28-18-9-11-19(12-10-18)30-14-13-27/h2-12H,13-14,27H2,1H3,(H,28,29). The molecule has 0 aliphatic rings. The van der Waals surface area contributed by atoms with Crippen molar-refractivity contribution in [2.24, 2.45) is 5.73 Å². The lowest BCUT2D eigenvalue weighted by Crippen LogP contribution is -2.14. The van der Waals surface area contributed by atoms with E-state index in [0.717, 1.165) is 17.7 Å². The summed E-state index contributed by atoms with van der Waals surface area (Å²) >= 11 is 0. The zero-order chi connectivity index (χ0) is 21.7. The molecule has 0 unspecified atom stereocenters. The fourth-order valence-corrected chi connectivity index (χ4v) is 3.08. The molecule has 4 nitrogen and oxygen atoms in total. The highest BCUT2D eigenvalue weighted by molar-refractivity contribution is 6.09. The lowest BCUT2D eigenvalue weighted by molar-refractivity contribution is -0.137. The number of nitrogens with one attached hydrogen (secondary N) is 1. The molecule has 0 saturated carbocycles. The Morgan fingerprint density at radius 2 is 1.67 bits per heavy atom. The topological polar surface area (TPSA) is 64.3 Å². The van der Waals surface area contributed by atoms with Gasteiger partial charge in [-0.3, -0.25) is 4.79 Å². The van der Waals surface area contributed by atoms with Crippen LogP contribution in [0.15, 0.2) is 66.7 Å². The maximum atomic E-state index is 12.9. The number of nitrogens with two attached hydrogens (primary N) is 1. The summed E-state index contributed by atoms with van der Waals surface area (Å²) in [5, 5.41) is 2.82. The Kier molecular flexibility index (Phi) is 6.42. The molecule has 3 aromatic rings. The highest BCUT2D eigenvalue weighted by Gasteiger charge is 2.30. The molecule has 0 saturated heterocycles. The highest BCUT2D eigenvalue weighted by atomic mass is 19.4. The predicted molar refractivity (Wildman–Crippen MR) is 111 cm³/mol. The molecule has 0 radical (unpaired) electrons. The van der Waals surface area contributed by atoms with Crippen LogP contribution in [0.4, 0.5) is 18.9 Å². The molecule has 156 valence electrons. The third-order valence-electron chi connectivity index (χ3n) is 4.52. The van der Waals surface area contributed by atoms with Crippen LogP contribution in [-0.2, 0) is 6.18 Å². The van der Waals surface area contributed by atoms with E-state index in [1.165, 1.54) is 12.1 Å². The van der Waals surface area contributed by atoms with E-state index in [4.69, 9.17) is 10.5 Å². The third kappa shape index (κ3) is 4.99. The van der Waals surface area contributed by atoms with Crippen LogP contribution in [0.1, 0.15) is 21.5 Å². The van der Waals surface area contributed by atoms with Gasteiger partial charge in [-0.1, -0.05) is 24.3 Å². The van der Waals surface area contributed by atoms with E-state index in [1.54, 1.807) is 36.4 Å². The molecule has 0 aliphatic carbocycles. The Balaban J connectivity index is 1.86. The Labute approximate surface area is 172 Å². The summed E-state index contributed by atoms with van der Waals surface area (Å²) in [7, 11) is 0. The van der Waals surface area contributed by atoms with Gasteiger partial charge in [-0.05, 0) is 66.1 Å². The number of alkyl halides is 3. The number of rotatable bonds is 6. The number of ether oxygens (including phenoxy) is 1. The van der Waals surface area contributed by atoms with Crippen LogP contribution in [-0.4, -0.2) is 19.1 Å². The molecular weight excluding hydrogens is 393 g/mol. The molecule has 0 heterocycles. The number of carbonyl (C=O) groups excluding carboxylic acids is 1. The lowest BCUT2D eigenvalue weighted by Gasteiger charge is -2.14. The summed E-state index contributed by atoms with van der Waals surface area (Å²) < 4.78 is 44.0. The summed E-state index contributed by atoms with van der Waals surface area (Å²) in [5.74, 6) is 0.281. The number of carbonyl (C=O) groups is 1. The molecule has 3 aromatic carbocycles. The zero-order valence-electron chi connectivity index (χ0n) is 16.3. The Hall–Kier alpha value is -3.32. The number of anilines is 1. The first-order valence-electron chi connectivity index (χ1n) is 9.31. The second-order valence-electron chi connectivity index (χ2n) is 6.69. The quantitative estimate of drug-likeness (QED) is 0.578. The molecule has 3 rings (SSSR count). The molecule has 3 N–H and O–H groups in total. The maximum Gasteiger partial charge on any atom is 0.416 e. The Morgan fingerprint density at radius 1 is 1.00 bits per heavy atom. The van der Waals surface area contributed by atoms with Crippen LogP contribution in [0.5, 0.6) is 5.75 Å². The summed E-state index contributed by atoms with van der Waals surface area (Å²) in [4.78, 5) is 12.9. The molecule has 0 bridgehead atoms. The fraction of sp³-hybridized carbons (Fsp3) is 0.174. The lowest BCUT2D eigenvalue weighted by atomic mass is 9.94. The number of aryl methyl sites for hydroxylation is 1. The molecule has 0 aliphatic heterocycles. The molecule has 0 fully saturated rings. The molecule has 0 aromatic heterocycles. The summed E-state index contributed by atoms with van der Waals surface area (Å²) in [5.41, 5.74) is 7.53. The average molecular weight is 414 g/mol. The average Bonchev–Trinajstić information content (AvgIpc) is 2.72. The number of benzene rings is 3. The van der Waals surface area contributed by atoms with Gasteiger partial charge < -0.3 is 15.8 Å². The predicted octanol–water partition coefficient (Wildman–Crippen LogP) is 5.27. The number of amides is 1. The van der Waals surface area contributed by atoms with Crippen molar-refractivity contribution >= 4 is 11.6 Å². The van der Waals surface area contributed by atoms with E-state index in [9.17, 15) is 18.0 Å². The van der Waals surface area contributed by atoms with Gasteiger partial charge in [0.15, 0.2) is 0 Å². The first-order valence-corrected chi connectivity index (χ1v) is 9.31. The van der Waals surface area contributed by atoms with Gasteiger partial charge in [-0.15, -0.1) is 0 Å². The number of halogens is 3. The van der Waals surface area contributed by atoms with Gasteiger partial charge in [0, 0.05) is 17.8 Å². The van der Waals surface area contributed by atoms with Crippen LogP contribution in [0.2, 0.25) is 0 Å². The minimum atomic E-state index is -4.41. The van der Waals surface area contributed by atoms with Crippen molar-refractivity contribution in [3.05, 3.63) is 83.4 Å². The van der Waals surface area contributed by atoms with Crippen molar-refractivity contribution in [1.82, 2.24) is 0 Å². The first-order chi connectivity index (χ1) is 14.3. The number of hydrogen-bond acceptors (Lipinski definition) is 3. The van der Waals surface area contributed by atoms with E-state index in [1.807, 2.05) is 13.0 Å². The molecule has 0 atom stereocenters. The van der Waals surface area contributed by atoms with Gasteiger partial charge in [0.25, 0.3) is 5.91 Å². The van der Waals surface area contributed by atoms with Crippen molar-refractivity contribution in [2.45, 2.75) is 13.1 Å². The summed E-state index contributed by atoms with van der Waals surface area (Å²) in [6, 6.07) is 16.8. The monoisotopic (exact) mass is 414 g/mol. The van der Waals surface area contributed by atoms with Crippen molar-refractivity contribution in [3.63, 3.8) is 0 Å². The normalized spacial score (nSPS) is 11.2. The van der Waals surface area contributed by atoms with E-state index < -0.39 is 11.7 Å². The molecule has 30 heavy (non-hydrogen) atoms. The van der Waals surface area contributed by atoms with Gasteiger partial charge in [0.1, 0.15) is 12.4 Å². The van der Waals surface area contributed by atoms with Crippen molar-refractivity contribution in [2.75, 3.05) is 18.5 Å². The molecular formula is C23H21F3N2O2. The minimum Gasteiger partial charge on any atom is -0.492 e. The van der Waals surface area contributed by atoms with Crippen LogP contribution < -0.4 is 15.8 Å². The van der Waals surface area contributed by atoms with Crippen molar-refractivity contribution in [3.8, 4) is 16.9 Å². The highest BCUT2D eigenvalue weighted by Crippen LogP contribution is 2.33. The summed E-state index contributed by atoms with van der Waals surface area (Å²) in [6.07, 6.45) is -4.41. The second kappa shape index (κ2) is 9.00.